The van der Waals surface area contributed by atoms with Crippen LogP contribution in [0.5, 0.6) is 0 Å². The molecule has 2 rings (SSSR count). The lowest BCUT2D eigenvalue weighted by atomic mass is 9.74. The van der Waals surface area contributed by atoms with Crippen LogP contribution in [0, 0.1) is 24.3 Å². The number of benzene rings is 1. The van der Waals surface area contributed by atoms with Crippen molar-refractivity contribution in [3.8, 4) is 0 Å². The Kier molecular flexibility index (Phi) is 6.61. The molecule has 1 aliphatic rings. The number of carbonyl (C=O) groups is 1. The van der Waals surface area contributed by atoms with Gasteiger partial charge in [-0.2, -0.15) is 0 Å². The van der Waals surface area contributed by atoms with Gasteiger partial charge in [0.1, 0.15) is 6.10 Å². The molecule has 0 N–H and O–H groups in total. The molecule has 2 unspecified atom stereocenters. The second-order valence-electron chi connectivity index (χ2n) is 6.56. The van der Waals surface area contributed by atoms with Crippen LogP contribution in [0.15, 0.2) is 30.3 Å². The van der Waals surface area contributed by atoms with Crippen LogP contribution in [0.3, 0.4) is 0 Å². The Morgan fingerprint density at radius 2 is 1.87 bits per heavy atom. The van der Waals surface area contributed by atoms with Crippen LogP contribution in [0.2, 0.25) is 0 Å². The van der Waals surface area contributed by atoms with Crippen molar-refractivity contribution in [2.45, 2.75) is 39.4 Å². The fourth-order valence-corrected chi connectivity index (χ4v) is 3.52. The third-order valence-electron chi connectivity index (χ3n) is 4.47. The summed E-state index contributed by atoms with van der Waals surface area (Å²) in [6.45, 7) is 12.2. The Hall–Kier alpha value is -1.86. The molecule has 0 amide bonds. The zero-order valence-electron chi connectivity index (χ0n) is 13.9. The maximum atomic E-state index is 11.6. The molecular weight excluding hydrogens is 290 g/mol. The van der Waals surface area contributed by atoms with Gasteiger partial charge in [0.25, 0.3) is 0 Å². The molecule has 124 valence electrons. The van der Waals surface area contributed by atoms with E-state index >= 15 is 0 Å². The minimum absolute atomic E-state index is 0.0744. The standard InChI is InChI=1S/C19H25NO3/c1-14-9-17(13-22-12-16-7-5-4-6-8-16)10-15(2)19(14)23-18(21)11-20-3/h4-8,14-15,17,19H,9-13H2,1-2H3. The van der Waals surface area contributed by atoms with Crippen molar-refractivity contribution in [3.05, 3.63) is 47.3 Å². The van der Waals surface area contributed by atoms with E-state index in [1.807, 2.05) is 18.2 Å². The first-order valence-electron chi connectivity index (χ1n) is 8.24. The van der Waals surface area contributed by atoms with Gasteiger partial charge in [-0.3, -0.25) is 0 Å². The smallest absolute Gasteiger partial charge is 0.387 e. The summed E-state index contributed by atoms with van der Waals surface area (Å²) in [5.41, 5.74) is 1.19. The summed E-state index contributed by atoms with van der Waals surface area (Å²) >= 11 is 0. The van der Waals surface area contributed by atoms with E-state index in [-0.39, 0.29) is 12.6 Å². The topological polar surface area (TPSA) is 39.9 Å². The average molecular weight is 315 g/mol. The molecule has 1 aliphatic carbocycles. The highest BCUT2D eigenvalue weighted by Gasteiger charge is 2.36. The molecule has 0 radical (unpaired) electrons. The van der Waals surface area contributed by atoms with Gasteiger partial charge in [0, 0.05) is 6.61 Å². The van der Waals surface area contributed by atoms with Gasteiger partial charge >= 0.3 is 12.5 Å². The van der Waals surface area contributed by atoms with Crippen molar-refractivity contribution in [3.63, 3.8) is 0 Å². The van der Waals surface area contributed by atoms with Crippen LogP contribution in [0.1, 0.15) is 32.3 Å². The van der Waals surface area contributed by atoms with E-state index in [0.29, 0.717) is 24.4 Å². The molecule has 1 fully saturated rings. The van der Waals surface area contributed by atoms with Crippen LogP contribution in [-0.4, -0.2) is 25.2 Å². The van der Waals surface area contributed by atoms with Crippen molar-refractivity contribution in [1.29, 1.82) is 0 Å². The van der Waals surface area contributed by atoms with E-state index in [4.69, 9.17) is 16.0 Å². The lowest BCUT2D eigenvalue weighted by Crippen LogP contribution is -2.39. The molecule has 2 atom stereocenters. The second kappa shape index (κ2) is 8.69. The minimum atomic E-state index is -0.400. The predicted molar refractivity (Wildman–Crippen MR) is 88.5 cm³/mol. The van der Waals surface area contributed by atoms with E-state index in [1.54, 1.807) is 0 Å². The molecule has 0 aliphatic heterocycles. The maximum absolute atomic E-state index is 11.6. The van der Waals surface area contributed by atoms with E-state index in [0.717, 1.165) is 19.4 Å². The molecule has 23 heavy (non-hydrogen) atoms. The molecule has 0 bridgehead atoms. The van der Waals surface area contributed by atoms with Gasteiger partial charge in [-0.1, -0.05) is 44.2 Å². The summed E-state index contributed by atoms with van der Waals surface area (Å²) < 4.78 is 11.3. The molecule has 1 aromatic rings. The molecule has 0 heterocycles. The third kappa shape index (κ3) is 5.37. The highest BCUT2D eigenvalue weighted by atomic mass is 16.5. The zero-order valence-corrected chi connectivity index (χ0v) is 13.9. The summed E-state index contributed by atoms with van der Waals surface area (Å²) in [5, 5.41) is 0. The molecule has 0 aromatic heterocycles. The van der Waals surface area contributed by atoms with Crippen LogP contribution in [-0.2, 0) is 20.9 Å². The van der Waals surface area contributed by atoms with Gasteiger partial charge in [0.2, 0.25) is 0 Å². The molecule has 1 aromatic carbocycles. The molecule has 0 spiro atoms. The lowest BCUT2D eigenvalue weighted by molar-refractivity contribution is -0.156. The first-order valence-corrected chi connectivity index (χ1v) is 8.24. The summed E-state index contributed by atoms with van der Waals surface area (Å²) in [6, 6.07) is 10.2. The number of hydrogen-bond acceptors (Lipinski definition) is 3. The third-order valence-corrected chi connectivity index (χ3v) is 4.47. The van der Waals surface area contributed by atoms with Crippen LogP contribution >= 0.6 is 0 Å². The van der Waals surface area contributed by atoms with Crippen molar-refractivity contribution >= 4 is 5.97 Å². The average Bonchev–Trinajstić information content (AvgIpc) is 2.52. The minimum Gasteiger partial charge on any atom is -0.456 e. The van der Waals surface area contributed by atoms with Crippen LogP contribution < -0.4 is 0 Å². The van der Waals surface area contributed by atoms with E-state index in [2.05, 4.69) is 30.8 Å². The summed E-state index contributed by atoms with van der Waals surface area (Å²) in [7, 11) is 0. The maximum Gasteiger partial charge on any atom is 0.387 e. The van der Waals surface area contributed by atoms with Crippen LogP contribution in [0.25, 0.3) is 4.85 Å². The van der Waals surface area contributed by atoms with Crippen molar-refractivity contribution in [2.75, 3.05) is 13.2 Å². The number of ether oxygens (including phenoxy) is 2. The second-order valence-corrected chi connectivity index (χ2v) is 6.56. The molecular formula is C19H25NO3. The van der Waals surface area contributed by atoms with Gasteiger partial charge in [0.15, 0.2) is 0 Å². The van der Waals surface area contributed by atoms with Crippen molar-refractivity contribution < 1.29 is 14.3 Å². The zero-order chi connectivity index (χ0) is 16.7. The number of hydrogen-bond donors (Lipinski definition) is 0. The molecule has 0 saturated heterocycles. The van der Waals surface area contributed by atoms with Crippen LogP contribution in [0.4, 0.5) is 0 Å². The van der Waals surface area contributed by atoms with E-state index in [9.17, 15) is 4.79 Å². The largest absolute Gasteiger partial charge is 0.456 e. The fraction of sp³-hybridized carbons (Fsp3) is 0.579. The number of nitrogens with zero attached hydrogens (tertiary/aromatic N) is 1. The Balaban J connectivity index is 1.77. The monoisotopic (exact) mass is 315 g/mol. The number of carbonyl (C=O) groups excluding carboxylic acids is 1. The van der Waals surface area contributed by atoms with Gasteiger partial charge in [-0.05, 0) is 36.2 Å². The van der Waals surface area contributed by atoms with Crippen molar-refractivity contribution in [2.24, 2.45) is 17.8 Å². The van der Waals surface area contributed by atoms with Gasteiger partial charge in [-0.25, -0.2) is 11.4 Å². The van der Waals surface area contributed by atoms with E-state index in [1.165, 1.54) is 5.56 Å². The summed E-state index contributed by atoms with van der Waals surface area (Å²) in [6.07, 6.45) is 1.92. The summed E-state index contributed by atoms with van der Waals surface area (Å²) in [4.78, 5) is 14.6. The highest BCUT2D eigenvalue weighted by molar-refractivity contribution is 5.73. The Morgan fingerprint density at radius 3 is 2.48 bits per heavy atom. The molecule has 4 heteroatoms. The Bertz CT molecular complexity index is 525. The van der Waals surface area contributed by atoms with E-state index < -0.39 is 5.97 Å². The quantitative estimate of drug-likeness (QED) is 0.593. The fourth-order valence-electron chi connectivity index (χ4n) is 3.52. The number of esters is 1. The van der Waals surface area contributed by atoms with Gasteiger partial charge < -0.3 is 14.3 Å². The predicted octanol–water partition coefficient (Wildman–Crippen LogP) is 3.72. The lowest BCUT2D eigenvalue weighted by Gasteiger charge is -2.38. The Labute approximate surface area is 138 Å². The molecule has 1 saturated carbocycles. The summed E-state index contributed by atoms with van der Waals surface area (Å²) in [5.74, 6) is 0.708. The number of rotatable bonds is 6. The first-order chi connectivity index (χ1) is 11.1. The molecule has 4 nitrogen and oxygen atoms in total. The van der Waals surface area contributed by atoms with Crippen molar-refractivity contribution in [1.82, 2.24) is 0 Å². The first kappa shape index (κ1) is 17.5. The van der Waals surface area contributed by atoms with Gasteiger partial charge in [-0.15, -0.1) is 0 Å². The Morgan fingerprint density at radius 1 is 1.22 bits per heavy atom. The van der Waals surface area contributed by atoms with Gasteiger partial charge in [0.05, 0.1) is 6.61 Å². The SMILES string of the molecule is [C-]#[N+]CC(=O)OC1C(C)CC(COCc2ccccc2)CC1C. The normalized spacial score (nSPS) is 27.2. The highest BCUT2D eigenvalue weighted by Crippen LogP contribution is 2.35.